The number of unbranched alkanes of at least 4 members (excludes halogenated alkanes) is 1. The van der Waals surface area contributed by atoms with Gasteiger partial charge in [-0.3, -0.25) is 0 Å². The lowest BCUT2D eigenvalue weighted by atomic mass is 10.4. The summed E-state index contributed by atoms with van der Waals surface area (Å²) in [5.74, 6) is 0. The van der Waals surface area contributed by atoms with E-state index in [1.807, 2.05) is 6.92 Å². The highest BCUT2D eigenvalue weighted by molar-refractivity contribution is 6.79. The molecule has 1 fully saturated rings. The van der Waals surface area contributed by atoms with Gasteiger partial charge in [0.2, 0.25) is 0 Å². The van der Waals surface area contributed by atoms with Crippen LogP contribution in [0.5, 0.6) is 0 Å². The molecule has 0 spiro atoms. The largest absolute Gasteiger partial charge is 0.390 e. The van der Waals surface area contributed by atoms with Gasteiger partial charge in [0, 0.05) is 0 Å². The molecule has 12 heavy (non-hydrogen) atoms. The first-order valence-corrected chi connectivity index (χ1v) is 8.41. The zero-order valence-corrected chi connectivity index (χ0v) is 9.85. The van der Waals surface area contributed by atoms with E-state index in [1.165, 1.54) is 18.9 Å². The molecule has 0 amide bonds. The monoisotopic (exact) mass is 186 g/mol. The van der Waals surface area contributed by atoms with Gasteiger partial charge in [-0.05, 0) is 18.9 Å². The van der Waals surface area contributed by atoms with Gasteiger partial charge < -0.3 is 5.11 Å². The first-order chi connectivity index (χ1) is 5.40. The Hall–Kier alpha value is 0.177. The van der Waals surface area contributed by atoms with E-state index >= 15 is 0 Å². The maximum absolute atomic E-state index is 9.76. The summed E-state index contributed by atoms with van der Waals surface area (Å²) in [7, 11) is -1.08. The Labute approximate surface area is 77.2 Å². The van der Waals surface area contributed by atoms with Crippen LogP contribution in [0.25, 0.3) is 0 Å². The number of aliphatic hydroxyl groups is 1. The standard InChI is InChI=1S/C10H22OSi/c1-5-6-7-12(3,4)9-8-10(9,2)11/h9,11H,5-8H2,1-4H3. The summed E-state index contributed by atoms with van der Waals surface area (Å²) in [6.07, 6.45) is 3.72. The summed E-state index contributed by atoms with van der Waals surface area (Å²) in [5.41, 5.74) is 0.389. The van der Waals surface area contributed by atoms with Crippen molar-refractivity contribution in [2.75, 3.05) is 0 Å². The fourth-order valence-electron chi connectivity index (χ4n) is 2.28. The van der Waals surface area contributed by atoms with Crippen LogP contribution in [0, 0.1) is 0 Å². The van der Waals surface area contributed by atoms with Crippen molar-refractivity contribution in [3.8, 4) is 0 Å². The second kappa shape index (κ2) is 3.15. The second-order valence-corrected chi connectivity index (χ2v) is 10.4. The van der Waals surface area contributed by atoms with Crippen molar-refractivity contribution in [1.82, 2.24) is 0 Å². The van der Waals surface area contributed by atoms with Crippen LogP contribution in [0.4, 0.5) is 0 Å². The lowest BCUT2D eigenvalue weighted by Gasteiger charge is -2.23. The third-order valence-corrected chi connectivity index (χ3v) is 7.68. The normalized spacial score (nSPS) is 35.2. The molecule has 0 saturated heterocycles. The molecule has 2 atom stereocenters. The molecule has 1 saturated carbocycles. The van der Waals surface area contributed by atoms with Crippen LogP contribution in [-0.4, -0.2) is 18.8 Å². The zero-order valence-electron chi connectivity index (χ0n) is 8.85. The van der Waals surface area contributed by atoms with Gasteiger partial charge in [0.15, 0.2) is 0 Å². The summed E-state index contributed by atoms with van der Waals surface area (Å²) < 4.78 is 0. The molecular weight excluding hydrogens is 164 g/mol. The first-order valence-electron chi connectivity index (χ1n) is 5.12. The molecule has 1 aliphatic rings. The maximum atomic E-state index is 9.76. The molecule has 1 rings (SSSR count). The van der Waals surface area contributed by atoms with Crippen LogP contribution in [0.3, 0.4) is 0 Å². The Morgan fingerprint density at radius 1 is 1.50 bits per heavy atom. The van der Waals surface area contributed by atoms with Crippen molar-refractivity contribution < 1.29 is 5.11 Å². The fourth-order valence-corrected chi connectivity index (χ4v) is 6.54. The summed E-state index contributed by atoms with van der Waals surface area (Å²) in [4.78, 5) is 0. The third kappa shape index (κ3) is 2.11. The molecule has 0 aromatic heterocycles. The number of hydrogen-bond acceptors (Lipinski definition) is 1. The van der Waals surface area contributed by atoms with Gasteiger partial charge in [-0.15, -0.1) is 0 Å². The molecule has 1 nitrogen and oxygen atoms in total. The van der Waals surface area contributed by atoms with Crippen molar-refractivity contribution in [3.63, 3.8) is 0 Å². The summed E-state index contributed by atoms with van der Waals surface area (Å²) in [6.45, 7) is 9.09. The highest BCUT2D eigenvalue weighted by Crippen LogP contribution is 2.56. The quantitative estimate of drug-likeness (QED) is 0.669. The average Bonchev–Trinajstić information content (AvgIpc) is 2.57. The van der Waals surface area contributed by atoms with Gasteiger partial charge >= 0.3 is 0 Å². The second-order valence-electron chi connectivity index (χ2n) is 5.21. The van der Waals surface area contributed by atoms with Crippen molar-refractivity contribution >= 4 is 8.07 Å². The van der Waals surface area contributed by atoms with Gasteiger partial charge in [-0.25, -0.2) is 0 Å². The summed E-state index contributed by atoms with van der Waals surface area (Å²) in [6, 6.07) is 1.39. The van der Waals surface area contributed by atoms with Gasteiger partial charge in [0.25, 0.3) is 0 Å². The van der Waals surface area contributed by atoms with E-state index < -0.39 is 8.07 Å². The molecule has 0 aromatic carbocycles. The number of hydrogen-bond donors (Lipinski definition) is 1. The van der Waals surface area contributed by atoms with E-state index in [1.54, 1.807) is 0 Å². The van der Waals surface area contributed by atoms with Crippen LogP contribution >= 0.6 is 0 Å². The van der Waals surface area contributed by atoms with Crippen LogP contribution in [0.15, 0.2) is 0 Å². The van der Waals surface area contributed by atoms with Gasteiger partial charge in [-0.1, -0.05) is 38.9 Å². The predicted molar refractivity (Wildman–Crippen MR) is 56.2 cm³/mol. The minimum absolute atomic E-state index is 0.288. The third-order valence-electron chi connectivity index (χ3n) is 3.33. The zero-order chi connectivity index (χ0) is 9.41. The van der Waals surface area contributed by atoms with Crippen LogP contribution < -0.4 is 0 Å². The molecule has 0 radical (unpaired) electrons. The molecule has 1 N–H and O–H groups in total. The van der Waals surface area contributed by atoms with Gasteiger partial charge in [0.05, 0.1) is 13.7 Å². The van der Waals surface area contributed by atoms with E-state index in [2.05, 4.69) is 20.0 Å². The molecule has 2 heteroatoms. The predicted octanol–water partition coefficient (Wildman–Crippen LogP) is 3.02. The maximum Gasteiger partial charge on any atom is 0.0626 e. The molecule has 0 bridgehead atoms. The summed E-state index contributed by atoms with van der Waals surface area (Å²) in [5, 5.41) is 9.76. The molecule has 0 aromatic rings. The Kier molecular flexibility index (Phi) is 2.69. The van der Waals surface area contributed by atoms with Crippen molar-refractivity contribution in [1.29, 1.82) is 0 Å². The average molecular weight is 186 g/mol. The van der Waals surface area contributed by atoms with E-state index in [9.17, 15) is 5.11 Å². The molecule has 0 heterocycles. The van der Waals surface area contributed by atoms with Crippen molar-refractivity contribution in [2.45, 2.75) is 63.4 Å². The highest BCUT2D eigenvalue weighted by atomic mass is 28.3. The minimum Gasteiger partial charge on any atom is -0.390 e. The molecule has 72 valence electrons. The van der Waals surface area contributed by atoms with E-state index in [0.717, 1.165) is 6.42 Å². The molecule has 0 aliphatic heterocycles. The molecular formula is C10H22OSi. The Morgan fingerprint density at radius 2 is 2.00 bits per heavy atom. The first kappa shape index (κ1) is 10.3. The smallest absolute Gasteiger partial charge is 0.0626 e. The SMILES string of the molecule is CCCC[Si](C)(C)C1CC1(C)O. The Bertz CT molecular complexity index is 163. The summed E-state index contributed by atoms with van der Waals surface area (Å²) >= 11 is 0. The van der Waals surface area contributed by atoms with Crippen LogP contribution in [0.2, 0.25) is 24.7 Å². The minimum atomic E-state index is -1.08. The number of rotatable bonds is 4. The fraction of sp³-hybridized carbons (Fsp3) is 1.00. The van der Waals surface area contributed by atoms with Crippen LogP contribution in [0.1, 0.15) is 33.1 Å². The topological polar surface area (TPSA) is 20.2 Å². The van der Waals surface area contributed by atoms with Crippen LogP contribution in [-0.2, 0) is 0 Å². The lowest BCUT2D eigenvalue weighted by molar-refractivity contribution is 0.171. The van der Waals surface area contributed by atoms with Crippen molar-refractivity contribution in [3.05, 3.63) is 0 Å². The molecule has 1 aliphatic carbocycles. The van der Waals surface area contributed by atoms with Gasteiger partial charge in [0.1, 0.15) is 0 Å². The Morgan fingerprint density at radius 3 is 2.33 bits per heavy atom. The van der Waals surface area contributed by atoms with E-state index in [-0.39, 0.29) is 5.60 Å². The Balaban J connectivity index is 2.39. The van der Waals surface area contributed by atoms with Crippen molar-refractivity contribution in [2.24, 2.45) is 0 Å². The molecule has 2 unspecified atom stereocenters. The van der Waals surface area contributed by atoms with E-state index in [4.69, 9.17) is 0 Å². The van der Waals surface area contributed by atoms with Gasteiger partial charge in [-0.2, -0.15) is 0 Å². The highest BCUT2D eigenvalue weighted by Gasteiger charge is 2.56. The lowest BCUT2D eigenvalue weighted by Crippen LogP contribution is -2.29. The van der Waals surface area contributed by atoms with E-state index in [0.29, 0.717) is 5.54 Å².